The maximum atomic E-state index is 6.27. The normalized spacial score (nSPS) is 11.4. The van der Waals surface area contributed by atoms with Crippen LogP contribution >= 0.6 is 0 Å². The minimum Gasteiger partial charge on any atom is -0.436 e. The molecule has 0 aliphatic carbocycles. The first-order valence-electron chi connectivity index (χ1n) is 12.8. The molecule has 38 heavy (non-hydrogen) atoms. The van der Waals surface area contributed by atoms with E-state index in [4.69, 9.17) is 9.40 Å². The third kappa shape index (κ3) is 3.61. The Morgan fingerprint density at radius 2 is 1.32 bits per heavy atom. The van der Waals surface area contributed by atoms with Crippen LogP contribution in [0.3, 0.4) is 0 Å². The lowest BCUT2D eigenvalue weighted by Crippen LogP contribution is -2.30. The summed E-state index contributed by atoms with van der Waals surface area (Å²) in [5, 5.41) is 0. The highest BCUT2D eigenvalue weighted by Crippen LogP contribution is 2.34. The molecular formula is C34H26N3O+. The number of imidazole rings is 1. The molecule has 2 heterocycles. The van der Waals surface area contributed by atoms with E-state index in [1.165, 1.54) is 11.1 Å². The molecule has 0 bridgehead atoms. The predicted molar refractivity (Wildman–Crippen MR) is 153 cm³/mol. The fraction of sp³-hybridized carbons (Fsp3) is 0.0588. The molecule has 7 aromatic rings. The van der Waals surface area contributed by atoms with Gasteiger partial charge in [-0.2, -0.15) is 4.57 Å². The number of rotatable bonds is 4. The van der Waals surface area contributed by atoms with Gasteiger partial charge in [0.15, 0.2) is 16.6 Å². The molecule has 0 fully saturated rings. The average Bonchev–Trinajstić information content (AvgIpc) is 3.52. The molecule has 0 saturated carbocycles. The van der Waals surface area contributed by atoms with Crippen LogP contribution < -0.4 is 4.57 Å². The second-order valence-electron chi connectivity index (χ2n) is 9.64. The van der Waals surface area contributed by atoms with Gasteiger partial charge in [-0.1, -0.05) is 72.8 Å². The van der Waals surface area contributed by atoms with Crippen molar-refractivity contribution in [3.05, 3.63) is 127 Å². The lowest BCUT2D eigenvalue weighted by molar-refractivity contribution is -0.633. The number of fused-ring (bicyclic) bond motifs is 2. The van der Waals surface area contributed by atoms with Crippen LogP contribution in [0.4, 0.5) is 0 Å². The van der Waals surface area contributed by atoms with Gasteiger partial charge in [0.2, 0.25) is 5.89 Å². The van der Waals surface area contributed by atoms with E-state index in [1.54, 1.807) is 0 Å². The van der Waals surface area contributed by atoms with Crippen molar-refractivity contribution in [3.63, 3.8) is 0 Å². The molecule has 0 saturated heterocycles. The molecule has 7 rings (SSSR count). The van der Waals surface area contributed by atoms with Crippen LogP contribution in [0.1, 0.15) is 5.56 Å². The van der Waals surface area contributed by atoms with Crippen LogP contribution in [0.5, 0.6) is 0 Å². The smallest absolute Gasteiger partial charge is 0.295 e. The first-order valence-corrected chi connectivity index (χ1v) is 12.8. The van der Waals surface area contributed by atoms with Crippen molar-refractivity contribution in [2.24, 2.45) is 7.05 Å². The number of hydrogen-bond donors (Lipinski definition) is 0. The molecular weight excluding hydrogens is 466 g/mol. The molecule has 0 aliphatic heterocycles. The Morgan fingerprint density at radius 1 is 0.684 bits per heavy atom. The Balaban J connectivity index is 1.42. The number of nitrogens with zero attached hydrogens (tertiary/aromatic N) is 3. The van der Waals surface area contributed by atoms with Gasteiger partial charge in [-0.25, -0.2) is 9.55 Å². The standard InChI is InChI=1S/C34H26N3O/c1-23-21-29-32(38-33(35-29)26-13-7-4-8-14-26)22-28(23)34-36(2)30-15-9-10-16-31(30)37(34)27-19-17-25(18-20-27)24-11-5-3-6-12-24/h3-22H,1-2H3/q+1. The summed E-state index contributed by atoms with van der Waals surface area (Å²) < 4.78 is 10.9. The van der Waals surface area contributed by atoms with Crippen molar-refractivity contribution in [1.29, 1.82) is 0 Å². The van der Waals surface area contributed by atoms with Crippen LogP contribution in [0.15, 0.2) is 126 Å². The molecule has 0 spiro atoms. The molecule has 0 N–H and O–H groups in total. The third-order valence-corrected chi connectivity index (χ3v) is 7.24. The number of aryl methyl sites for hydroxylation is 2. The highest BCUT2D eigenvalue weighted by Gasteiger charge is 2.28. The number of aromatic nitrogens is 3. The van der Waals surface area contributed by atoms with Crippen LogP contribution in [0, 0.1) is 6.92 Å². The molecule has 5 aromatic carbocycles. The Bertz CT molecular complexity index is 1910. The Labute approximate surface area is 221 Å². The van der Waals surface area contributed by atoms with Crippen LogP contribution in [-0.2, 0) is 7.05 Å². The van der Waals surface area contributed by atoms with Crippen molar-refractivity contribution < 1.29 is 8.98 Å². The lowest BCUT2D eigenvalue weighted by Gasteiger charge is -2.08. The summed E-state index contributed by atoms with van der Waals surface area (Å²) in [6, 6.07) is 42.1. The van der Waals surface area contributed by atoms with Crippen LogP contribution in [-0.4, -0.2) is 9.55 Å². The van der Waals surface area contributed by atoms with Gasteiger partial charge in [-0.15, -0.1) is 0 Å². The Hall–Kier alpha value is -4.96. The van der Waals surface area contributed by atoms with E-state index in [1.807, 2.05) is 36.4 Å². The third-order valence-electron chi connectivity index (χ3n) is 7.24. The Morgan fingerprint density at radius 3 is 2.05 bits per heavy atom. The SMILES string of the molecule is Cc1cc2nc(-c3ccccc3)oc2cc1-c1n(-c2ccc(-c3ccccc3)cc2)c2ccccc2[n+]1C. The zero-order chi connectivity index (χ0) is 25.6. The Kier molecular flexibility index (Phi) is 5.19. The highest BCUT2D eigenvalue weighted by molar-refractivity contribution is 5.86. The molecule has 4 heteroatoms. The van der Waals surface area contributed by atoms with E-state index >= 15 is 0 Å². The number of hydrogen-bond acceptors (Lipinski definition) is 2. The summed E-state index contributed by atoms with van der Waals surface area (Å²) in [6.07, 6.45) is 0. The van der Waals surface area contributed by atoms with E-state index in [9.17, 15) is 0 Å². The van der Waals surface area contributed by atoms with Crippen molar-refractivity contribution in [3.8, 4) is 39.7 Å². The summed E-state index contributed by atoms with van der Waals surface area (Å²) in [4.78, 5) is 4.78. The molecule has 0 amide bonds. The fourth-order valence-corrected chi connectivity index (χ4v) is 5.33. The summed E-state index contributed by atoms with van der Waals surface area (Å²) >= 11 is 0. The molecule has 0 aliphatic rings. The zero-order valence-corrected chi connectivity index (χ0v) is 21.3. The van der Waals surface area contributed by atoms with Crippen molar-refractivity contribution in [2.75, 3.05) is 0 Å². The van der Waals surface area contributed by atoms with Gasteiger partial charge >= 0.3 is 0 Å². The van der Waals surface area contributed by atoms with Crippen molar-refractivity contribution >= 4 is 22.1 Å². The second kappa shape index (κ2) is 8.86. The minimum atomic E-state index is 0.638. The van der Waals surface area contributed by atoms with Gasteiger partial charge in [0.05, 0.1) is 12.6 Å². The molecule has 182 valence electrons. The number of benzene rings is 5. The van der Waals surface area contributed by atoms with Crippen molar-refractivity contribution in [2.45, 2.75) is 6.92 Å². The summed E-state index contributed by atoms with van der Waals surface area (Å²) in [5.41, 5.74) is 10.7. The summed E-state index contributed by atoms with van der Waals surface area (Å²) in [5.74, 6) is 1.73. The maximum absolute atomic E-state index is 6.27. The average molecular weight is 493 g/mol. The van der Waals surface area contributed by atoms with E-state index in [2.05, 4.69) is 108 Å². The highest BCUT2D eigenvalue weighted by atomic mass is 16.3. The first-order chi connectivity index (χ1) is 18.7. The predicted octanol–water partition coefficient (Wildman–Crippen LogP) is 7.91. The number of para-hydroxylation sites is 2. The quantitative estimate of drug-likeness (QED) is 0.234. The van der Waals surface area contributed by atoms with Gasteiger partial charge < -0.3 is 4.42 Å². The van der Waals surface area contributed by atoms with E-state index in [0.717, 1.165) is 50.3 Å². The van der Waals surface area contributed by atoms with E-state index in [0.29, 0.717) is 5.89 Å². The molecule has 0 radical (unpaired) electrons. The number of oxazole rings is 1. The van der Waals surface area contributed by atoms with Gasteiger partial charge in [-0.3, -0.25) is 0 Å². The van der Waals surface area contributed by atoms with Crippen LogP contribution in [0.25, 0.3) is 61.8 Å². The largest absolute Gasteiger partial charge is 0.436 e. The summed E-state index contributed by atoms with van der Waals surface area (Å²) in [6.45, 7) is 2.14. The molecule has 0 atom stereocenters. The second-order valence-corrected chi connectivity index (χ2v) is 9.64. The van der Waals surface area contributed by atoms with E-state index in [-0.39, 0.29) is 0 Å². The molecule has 0 unspecified atom stereocenters. The molecule has 4 nitrogen and oxygen atoms in total. The zero-order valence-electron chi connectivity index (χ0n) is 21.3. The van der Waals surface area contributed by atoms with Gasteiger partial charge in [-0.05, 0) is 72.1 Å². The lowest BCUT2D eigenvalue weighted by atomic mass is 10.0. The first kappa shape index (κ1) is 22.3. The van der Waals surface area contributed by atoms with E-state index < -0.39 is 0 Å². The molecule has 2 aromatic heterocycles. The van der Waals surface area contributed by atoms with Gasteiger partial charge in [0.1, 0.15) is 11.2 Å². The maximum Gasteiger partial charge on any atom is 0.295 e. The van der Waals surface area contributed by atoms with Gasteiger partial charge in [0.25, 0.3) is 5.82 Å². The summed E-state index contributed by atoms with van der Waals surface area (Å²) in [7, 11) is 2.13. The minimum absolute atomic E-state index is 0.638. The van der Waals surface area contributed by atoms with Crippen molar-refractivity contribution in [1.82, 2.24) is 9.55 Å². The van der Waals surface area contributed by atoms with Gasteiger partial charge in [0, 0.05) is 5.56 Å². The van der Waals surface area contributed by atoms with Crippen LogP contribution in [0.2, 0.25) is 0 Å². The monoisotopic (exact) mass is 492 g/mol. The topological polar surface area (TPSA) is 34.8 Å². The fourth-order valence-electron chi connectivity index (χ4n) is 5.33.